The van der Waals surface area contributed by atoms with Crippen molar-refractivity contribution in [3.05, 3.63) is 94.5 Å². The molecule has 0 aliphatic heterocycles. The summed E-state index contributed by atoms with van der Waals surface area (Å²) >= 11 is 0. The molecule has 0 saturated carbocycles. The van der Waals surface area contributed by atoms with Gasteiger partial charge in [0.1, 0.15) is 24.7 Å². The van der Waals surface area contributed by atoms with Crippen LogP contribution in [0.2, 0.25) is 0 Å². The topological polar surface area (TPSA) is 103 Å². The number of hydrogen-bond acceptors (Lipinski definition) is 5. The zero-order valence-corrected chi connectivity index (χ0v) is 18.8. The van der Waals surface area contributed by atoms with Gasteiger partial charge in [0.05, 0.1) is 24.1 Å². The Morgan fingerprint density at radius 2 is 1.65 bits per heavy atom. The molecule has 0 radical (unpaired) electrons. The van der Waals surface area contributed by atoms with E-state index in [1.807, 2.05) is 36.4 Å². The lowest BCUT2D eigenvalue weighted by Crippen LogP contribution is -2.12. The summed E-state index contributed by atoms with van der Waals surface area (Å²) in [5.41, 5.74) is 5.76. The lowest BCUT2D eigenvalue weighted by atomic mass is 9.97. The van der Waals surface area contributed by atoms with Gasteiger partial charge in [-0.1, -0.05) is 36.4 Å². The van der Waals surface area contributed by atoms with E-state index in [9.17, 15) is 4.79 Å². The number of aryl methyl sites for hydroxylation is 2. The van der Waals surface area contributed by atoms with Gasteiger partial charge in [-0.05, 0) is 77.4 Å². The summed E-state index contributed by atoms with van der Waals surface area (Å²) in [5, 5.41) is 26.4. The summed E-state index contributed by atoms with van der Waals surface area (Å²) in [6, 6.07) is 22.8. The standard InChI is InChI=1S/C28H26N2O4/c29-16-24(15-28(31)32)21-8-12-26(13-9-21)33-17-19-4-10-25(11-5-19)34-18-27(30)23-7-6-20-2-1-3-22(20)14-23/h4-14,24,30H,1-3,15,17-18H2,(H,31,32). The molecule has 0 bridgehead atoms. The summed E-state index contributed by atoms with van der Waals surface area (Å²) in [7, 11) is 0. The van der Waals surface area contributed by atoms with Crippen LogP contribution in [-0.2, 0) is 24.2 Å². The van der Waals surface area contributed by atoms with E-state index in [1.165, 1.54) is 17.5 Å². The van der Waals surface area contributed by atoms with Crippen LogP contribution in [-0.4, -0.2) is 23.4 Å². The van der Waals surface area contributed by atoms with Crippen LogP contribution in [0.4, 0.5) is 0 Å². The number of nitrogens with one attached hydrogen (secondary N) is 1. The van der Waals surface area contributed by atoms with Crippen molar-refractivity contribution in [3.8, 4) is 17.6 Å². The fourth-order valence-electron chi connectivity index (χ4n) is 4.06. The van der Waals surface area contributed by atoms with E-state index < -0.39 is 11.9 Å². The number of benzene rings is 3. The number of carboxylic acids is 1. The van der Waals surface area contributed by atoms with Crippen molar-refractivity contribution in [1.29, 1.82) is 10.7 Å². The van der Waals surface area contributed by atoms with E-state index >= 15 is 0 Å². The van der Waals surface area contributed by atoms with E-state index in [0.717, 1.165) is 24.0 Å². The molecule has 0 amide bonds. The Balaban J connectivity index is 1.26. The molecule has 172 valence electrons. The molecule has 1 atom stereocenters. The highest BCUT2D eigenvalue weighted by atomic mass is 16.5. The van der Waals surface area contributed by atoms with E-state index in [1.54, 1.807) is 24.3 Å². The lowest BCUT2D eigenvalue weighted by molar-refractivity contribution is -0.137. The molecular formula is C28H26N2O4. The smallest absolute Gasteiger partial charge is 0.305 e. The first-order valence-electron chi connectivity index (χ1n) is 11.3. The predicted molar refractivity (Wildman–Crippen MR) is 129 cm³/mol. The number of nitriles is 1. The van der Waals surface area contributed by atoms with Gasteiger partial charge in [-0.15, -0.1) is 0 Å². The monoisotopic (exact) mass is 454 g/mol. The molecule has 2 N–H and O–H groups in total. The Morgan fingerprint density at radius 1 is 0.971 bits per heavy atom. The molecule has 0 heterocycles. The predicted octanol–water partition coefficient (Wildman–Crippen LogP) is 5.28. The second-order valence-corrected chi connectivity index (χ2v) is 8.39. The second kappa shape index (κ2) is 10.7. The Labute approximate surface area is 198 Å². The highest BCUT2D eigenvalue weighted by molar-refractivity contribution is 5.99. The number of aliphatic carboxylic acids is 1. The van der Waals surface area contributed by atoms with Crippen molar-refractivity contribution in [2.45, 2.75) is 38.2 Å². The van der Waals surface area contributed by atoms with E-state index in [2.05, 4.69) is 12.1 Å². The molecule has 0 aromatic heterocycles. The molecule has 1 unspecified atom stereocenters. The van der Waals surface area contributed by atoms with Gasteiger partial charge in [0.15, 0.2) is 0 Å². The lowest BCUT2D eigenvalue weighted by Gasteiger charge is -2.11. The minimum atomic E-state index is -1.00. The first-order chi connectivity index (χ1) is 16.5. The largest absolute Gasteiger partial charge is 0.489 e. The van der Waals surface area contributed by atoms with Gasteiger partial charge in [-0.2, -0.15) is 5.26 Å². The molecule has 1 aliphatic rings. The van der Waals surface area contributed by atoms with Crippen LogP contribution in [0.3, 0.4) is 0 Å². The number of carboxylic acid groups (broad SMARTS) is 1. The van der Waals surface area contributed by atoms with Crippen LogP contribution in [0.25, 0.3) is 0 Å². The Kier molecular flexibility index (Phi) is 7.24. The van der Waals surface area contributed by atoms with Crippen LogP contribution >= 0.6 is 0 Å². The molecule has 0 fully saturated rings. The van der Waals surface area contributed by atoms with Gasteiger partial charge in [-0.3, -0.25) is 4.79 Å². The third-order valence-electron chi connectivity index (χ3n) is 5.98. The van der Waals surface area contributed by atoms with E-state index in [-0.39, 0.29) is 13.0 Å². The molecule has 1 aliphatic carbocycles. The summed E-state index contributed by atoms with van der Waals surface area (Å²) in [6.45, 7) is 0.577. The zero-order valence-electron chi connectivity index (χ0n) is 18.8. The van der Waals surface area contributed by atoms with E-state index in [0.29, 0.717) is 29.4 Å². The van der Waals surface area contributed by atoms with Crippen molar-refractivity contribution in [2.24, 2.45) is 0 Å². The van der Waals surface area contributed by atoms with Gasteiger partial charge >= 0.3 is 5.97 Å². The first-order valence-corrected chi connectivity index (χ1v) is 11.3. The Morgan fingerprint density at radius 3 is 2.35 bits per heavy atom. The maximum Gasteiger partial charge on any atom is 0.305 e. The number of ether oxygens (including phenoxy) is 2. The molecule has 0 saturated heterocycles. The number of hydrogen-bond donors (Lipinski definition) is 2. The van der Waals surface area contributed by atoms with Gasteiger partial charge in [-0.25, -0.2) is 0 Å². The van der Waals surface area contributed by atoms with Gasteiger partial charge in [0, 0.05) is 0 Å². The van der Waals surface area contributed by atoms with Gasteiger partial charge in [0.2, 0.25) is 0 Å². The number of carbonyl (C=O) groups is 1. The summed E-state index contributed by atoms with van der Waals surface area (Å²) < 4.78 is 11.6. The molecule has 34 heavy (non-hydrogen) atoms. The van der Waals surface area contributed by atoms with Crippen molar-refractivity contribution >= 4 is 11.7 Å². The van der Waals surface area contributed by atoms with E-state index in [4.69, 9.17) is 25.3 Å². The quantitative estimate of drug-likeness (QED) is 0.406. The van der Waals surface area contributed by atoms with Crippen LogP contribution in [0.1, 0.15) is 46.6 Å². The fourth-order valence-corrected chi connectivity index (χ4v) is 4.06. The SMILES string of the molecule is N#CC(CC(=O)O)c1ccc(OCc2ccc(OCC(=N)c3ccc4c(c3)CCC4)cc2)cc1. The highest BCUT2D eigenvalue weighted by Gasteiger charge is 2.15. The van der Waals surface area contributed by atoms with Crippen molar-refractivity contribution in [2.75, 3.05) is 6.61 Å². The molecular weight excluding hydrogens is 428 g/mol. The van der Waals surface area contributed by atoms with Crippen molar-refractivity contribution in [3.63, 3.8) is 0 Å². The van der Waals surface area contributed by atoms with Crippen LogP contribution in [0.5, 0.6) is 11.5 Å². The normalized spacial score (nSPS) is 12.9. The summed E-state index contributed by atoms with van der Waals surface area (Å²) in [5.74, 6) is -0.346. The van der Waals surface area contributed by atoms with Gasteiger partial charge < -0.3 is 20.0 Å². The molecule has 0 spiro atoms. The molecule has 3 aromatic rings. The van der Waals surface area contributed by atoms with Crippen molar-refractivity contribution < 1.29 is 19.4 Å². The van der Waals surface area contributed by atoms with Gasteiger partial charge in [0.25, 0.3) is 0 Å². The number of fused-ring (bicyclic) bond motifs is 1. The van der Waals surface area contributed by atoms with Crippen LogP contribution in [0, 0.1) is 16.7 Å². The molecule has 6 heteroatoms. The minimum absolute atomic E-state index is 0.215. The fraction of sp³-hybridized carbons (Fsp3) is 0.250. The average Bonchev–Trinajstić information content (AvgIpc) is 3.33. The maximum atomic E-state index is 10.9. The molecule has 6 nitrogen and oxygen atoms in total. The van der Waals surface area contributed by atoms with Crippen molar-refractivity contribution in [1.82, 2.24) is 0 Å². The summed E-state index contributed by atoms with van der Waals surface area (Å²) in [4.78, 5) is 10.9. The average molecular weight is 455 g/mol. The number of rotatable bonds is 10. The number of nitrogens with zero attached hydrogens (tertiary/aromatic N) is 1. The first kappa shape index (κ1) is 23.1. The Hall–Kier alpha value is -4.11. The minimum Gasteiger partial charge on any atom is -0.489 e. The second-order valence-electron chi connectivity index (χ2n) is 8.39. The third-order valence-corrected chi connectivity index (χ3v) is 5.98. The van der Waals surface area contributed by atoms with Crippen LogP contribution < -0.4 is 9.47 Å². The maximum absolute atomic E-state index is 10.9. The molecule has 3 aromatic carbocycles. The molecule has 4 rings (SSSR count). The zero-order chi connectivity index (χ0) is 23.9. The summed E-state index contributed by atoms with van der Waals surface area (Å²) in [6.07, 6.45) is 3.20. The third kappa shape index (κ3) is 5.81. The Bertz CT molecular complexity index is 1210. The highest BCUT2D eigenvalue weighted by Crippen LogP contribution is 2.24. The van der Waals surface area contributed by atoms with Crippen LogP contribution in [0.15, 0.2) is 66.7 Å².